The summed E-state index contributed by atoms with van der Waals surface area (Å²) in [4.78, 5) is 27.6. The lowest BCUT2D eigenvalue weighted by Crippen LogP contribution is -2.30. The summed E-state index contributed by atoms with van der Waals surface area (Å²) >= 11 is 0. The molecule has 0 saturated heterocycles. The van der Waals surface area contributed by atoms with E-state index in [1.807, 2.05) is 36.4 Å². The van der Waals surface area contributed by atoms with E-state index >= 15 is 0 Å². The lowest BCUT2D eigenvalue weighted by molar-refractivity contribution is -0.130. The summed E-state index contributed by atoms with van der Waals surface area (Å²) in [6.07, 6.45) is 2.17. The maximum absolute atomic E-state index is 13.2. The van der Waals surface area contributed by atoms with Crippen LogP contribution in [-0.4, -0.2) is 28.5 Å². The van der Waals surface area contributed by atoms with E-state index in [0.717, 1.165) is 11.1 Å². The molecule has 2 aliphatic heterocycles. The molecule has 0 spiro atoms. The van der Waals surface area contributed by atoms with E-state index in [1.54, 1.807) is 24.3 Å². The molecular formula is C25H21NO6. The number of carbonyl (C=O) groups is 2. The quantitative estimate of drug-likeness (QED) is 0.606. The normalized spacial score (nSPS) is 17.3. The van der Waals surface area contributed by atoms with Crippen LogP contribution in [0.25, 0.3) is 0 Å². The van der Waals surface area contributed by atoms with E-state index in [2.05, 4.69) is 0 Å². The summed E-state index contributed by atoms with van der Waals surface area (Å²) in [5.74, 6) is 0.250. The highest BCUT2D eigenvalue weighted by Gasteiger charge is 2.44. The van der Waals surface area contributed by atoms with Crippen LogP contribution in [0.2, 0.25) is 0 Å². The maximum atomic E-state index is 13.2. The average molecular weight is 431 g/mol. The zero-order valence-corrected chi connectivity index (χ0v) is 17.2. The number of ketones is 1. The van der Waals surface area contributed by atoms with Crippen molar-refractivity contribution in [2.24, 2.45) is 0 Å². The van der Waals surface area contributed by atoms with E-state index in [1.165, 1.54) is 11.2 Å². The first kappa shape index (κ1) is 19.9. The zero-order valence-electron chi connectivity index (χ0n) is 17.2. The first-order valence-corrected chi connectivity index (χ1v) is 10.3. The molecule has 2 aromatic carbocycles. The van der Waals surface area contributed by atoms with Crippen LogP contribution < -0.4 is 9.47 Å². The van der Waals surface area contributed by atoms with Crippen molar-refractivity contribution in [1.29, 1.82) is 0 Å². The summed E-state index contributed by atoms with van der Waals surface area (Å²) in [6, 6.07) is 17.6. The molecule has 1 aromatic heterocycles. The molecule has 0 saturated carbocycles. The van der Waals surface area contributed by atoms with Gasteiger partial charge in [0, 0.05) is 13.0 Å². The van der Waals surface area contributed by atoms with Gasteiger partial charge in [0.15, 0.2) is 23.0 Å². The Labute approximate surface area is 184 Å². The Morgan fingerprint density at radius 1 is 1.00 bits per heavy atom. The number of carbonyl (C=O) groups excluding carboxylic acids is 2. The number of aliphatic hydroxyl groups excluding tert-OH is 1. The molecule has 0 fully saturated rings. The SMILES string of the molecule is O=C(CCc1ccccc1)C1=C(O)C(=O)N(Cc2ccc3c(c2)OCO3)C1c1ccco1. The van der Waals surface area contributed by atoms with Gasteiger partial charge >= 0.3 is 0 Å². The molecule has 5 rings (SSSR count). The number of rotatable bonds is 7. The minimum atomic E-state index is -0.800. The molecule has 7 heteroatoms. The number of nitrogens with zero attached hydrogens (tertiary/aromatic N) is 1. The van der Waals surface area contributed by atoms with Crippen LogP contribution in [0.1, 0.15) is 29.3 Å². The molecule has 3 heterocycles. The minimum absolute atomic E-state index is 0.0709. The predicted molar refractivity (Wildman–Crippen MR) is 114 cm³/mol. The number of ether oxygens (including phenoxy) is 2. The lowest BCUT2D eigenvalue weighted by atomic mass is 9.96. The van der Waals surface area contributed by atoms with Gasteiger partial charge in [0.25, 0.3) is 5.91 Å². The van der Waals surface area contributed by atoms with Crippen molar-refractivity contribution < 1.29 is 28.6 Å². The van der Waals surface area contributed by atoms with Gasteiger partial charge in [-0.3, -0.25) is 9.59 Å². The highest BCUT2D eigenvalue weighted by atomic mass is 16.7. The number of hydrogen-bond donors (Lipinski definition) is 1. The topological polar surface area (TPSA) is 89.2 Å². The first-order valence-electron chi connectivity index (χ1n) is 10.3. The smallest absolute Gasteiger partial charge is 0.290 e. The molecule has 1 amide bonds. The third-order valence-electron chi connectivity index (χ3n) is 5.69. The number of fused-ring (bicyclic) bond motifs is 1. The number of Topliss-reactive ketones (excluding diaryl/α,β-unsaturated/α-hetero) is 1. The Kier molecular flexibility index (Phi) is 5.15. The van der Waals surface area contributed by atoms with E-state index < -0.39 is 17.7 Å². The molecule has 162 valence electrons. The third kappa shape index (κ3) is 3.62. The second kappa shape index (κ2) is 8.26. The highest BCUT2D eigenvalue weighted by molar-refractivity contribution is 6.08. The molecule has 0 bridgehead atoms. The summed E-state index contributed by atoms with van der Waals surface area (Å²) in [5, 5.41) is 10.7. The average Bonchev–Trinajstić information content (AvgIpc) is 3.55. The van der Waals surface area contributed by atoms with Crippen LogP contribution in [0.4, 0.5) is 0 Å². The first-order chi connectivity index (χ1) is 15.6. The molecule has 0 aliphatic carbocycles. The number of amides is 1. The van der Waals surface area contributed by atoms with Crippen molar-refractivity contribution in [3.8, 4) is 11.5 Å². The van der Waals surface area contributed by atoms with E-state index in [9.17, 15) is 14.7 Å². The van der Waals surface area contributed by atoms with Crippen molar-refractivity contribution in [1.82, 2.24) is 4.90 Å². The van der Waals surface area contributed by atoms with Gasteiger partial charge in [-0.2, -0.15) is 0 Å². The van der Waals surface area contributed by atoms with Crippen molar-refractivity contribution in [2.75, 3.05) is 6.79 Å². The summed E-state index contributed by atoms with van der Waals surface area (Å²) in [5.41, 5.74) is 1.86. The molecule has 7 nitrogen and oxygen atoms in total. The summed E-state index contributed by atoms with van der Waals surface area (Å²) in [6.45, 7) is 0.319. The number of benzene rings is 2. The van der Waals surface area contributed by atoms with Gasteiger partial charge in [0.1, 0.15) is 11.8 Å². The van der Waals surface area contributed by atoms with Crippen LogP contribution in [0.3, 0.4) is 0 Å². The molecule has 3 aromatic rings. The lowest BCUT2D eigenvalue weighted by Gasteiger charge is -2.25. The van der Waals surface area contributed by atoms with Gasteiger partial charge in [-0.25, -0.2) is 0 Å². The molecular weight excluding hydrogens is 410 g/mol. The largest absolute Gasteiger partial charge is 0.503 e. The van der Waals surface area contributed by atoms with Gasteiger partial charge < -0.3 is 23.9 Å². The van der Waals surface area contributed by atoms with Crippen LogP contribution >= 0.6 is 0 Å². The monoisotopic (exact) mass is 431 g/mol. The fraction of sp³-hybridized carbons (Fsp3) is 0.200. The maximum Gasteiger partial charge on any atom is 0.290 e. The van der Waals surface area contributed by atoms with Gasteiger partial charge in [0.05, 0.1) is 11.8 Å². The second-order valence-corrected chi connectivity index (χ2v) is 7.71. The van der Waals surface area contributed by atoms with Gasteiger partial charge in [-0.05, 0) is 41.8 Å². The van der Waals surface area contributed by atoms with Crippen LogP contribution in [0.15, 0.2) is 82.7 Å². The zero-order chi connectivity index (χ0) is 22.1. The van der Waals surface area contributed by atoms with Crippen molar-refractivity contribution in [3.05, 3.63) is 95.1 Å². The fourth-order valence-corrected chi connectivity index (χ4v) is 4.12. The Morgan fingerprint density at radius 2 is 1.81 bits per heavy atom. The van der Waals surface area contributed by atoms with Crippen LogP contribution in [0, 0.1) is 0 Å². The number of aliphatic hydroxyl groups is 1. The van der Waals surface area contributed by atoms with Crippen LogP contribution in [-0.2, 0) is 22.6 Å². The van der Waals surface area contributed by atoms with Crippen molar-refractivity contribution >= 4 is 11.7 Å². The Morgan fingerprint density at radius 3 is 2.59 bits per heavy atom. The molecule has 2 aliphatic rings. The standard InChI is InChI=1S/C25H21NO6/c27-18(10-8-16-5-2-1-3-6-16)22-23(20-7-4-12-30-20)26(25(29)24(22)28)14-17-9-11-19-21(13-17)32-15-31-19/h1-7,9,11-13,23,28H,8,10,14-15H2. The molecule has 1 atom stereocenters. The third-order valence-corrected chi connectivity index (χ3v) is 5.69. The summed E-state index contributed by atoms with van der Waals surface area (Å²) < 4.78 is 16.3. The fourth-order valence-electron chi connectivity index (χ4n) is 4.12. The Bertz CT molecular complexity index is 1180. The Balaban J connectivity index is 1.42. The van der Waals surface area contributed by atoms with Crippen molar-refractivity contribution in [2.45, 2.75) is 25.4 Å². The number of furan rings is 1. The number of aryl methyl sites for hydroxylation is 1. The molecule has 1 N–H and O–H groups in total. The van der Waals surface area contributed by atoms with E-state index in [4.69, 9.17) is 13.9 Å². The molecule has 32 heavy (non-hydrogen) atoms. The minimum Gasteiger partial charge on any atom is -0.503 e. The van der Waals surface area contributed by atoms with Gasteiger partial charge in [-0.15, -0.1) is 0 Å². The van der Waals surface area contributed by atoms with Crippen LogP contribution in [0.5, 0.6) is 11.5 Å². The highest BCUT2D eigenvalue weighted by Crippen LogP contribution is 2.40. The van der Waals surface area contributed by atoms with E-state index in [-0.39, 0.29) is 31.1 Å². The van der Waals surface area contributed by atoms with Gasteiger partial charge in [-0.1, -0.05) is 36.4 Å². The van der Waals surface area contributed by atoms with Gasteiger partial charge in [0.2, 0.25) is 6.79 Å². The second-order valence-electron chi connectivity index (χ2n) is 7.71. The van der Waals surface area contributed by atoms with Crippen molar-refractivity contribution in [3.63, 3.8) is 0 Å². The number of hydrogen-bond acceptors (Lipinski definition) is 6. The Hall–Kier alpha value is -4.00. The predicted octanol–water partition coefficient (Wildman–Crippen LogP) is 4.11. The van der Waals surface area contributed by atoms with E-state index in [0.29, 0.717) is 23.7 Å². The molecule has 1 unspecified atom stereocenters. The summed E-state index contributed by atoms with van der Waals surface area (Å²) in [7, 11) is 0. The molecule has 0 radical (unpaired) electrons.